The summed E-state index contributed by atoms with van der Waals surface area (Å²) in [7, 11) is 0. The van der Waals surface area contributed by atoms with Gasteiger partial charge in [-0.15, -0.1) is 0 Å². The molecule has 5 nitrogen and oxygen atoms in total. The lowest BCUT2D eigenvalue weighted by Crippen LogP contribution is -2.04. The first-order valence-electron chi connectivity index (χ1n) is 5.03. The molecule has 84 valence electrons. The fourth-order valence-electron chi connectivity index (χ4n) is 1.73. The molecular weight excluding hydrogens is 206 g/mol. The summed E-state index contributed by atoms with van der Waals surface area (Å²) in [4.78, 5) is 14.9. The first kappa shape index (κ1) is 10.6. The molecule has 0 unspecified atom stereocenters. The molecule has 2 aromatic heterocycles. The predicted molar refractivity (Wildman–Crippen MR) is 57.4 cm³/mol. The SMILES string of the molecule is Cc1noc(Cn2c(C)cc(C=O)c2C)n1. The third-order valence-corrected chi connectivity index (χ3v) is 2.60. The molecule has 0 aromatic carbocycles. The number of aryl methyl sites for hydroxylation is 2. The molecule has 0 aliphatic rings. The Labute approximate surface area is 93.1 Å². The number of aldehydes is 1. The second kappa shape index (κ2) is 3.92. The third-order valence-electron chi connectivity index (χ3n) is 2.60. The smallest absolute Gasteiger partial charge is 0.246 e. The van der Waals surface area contributed by atoms with Crippen molar-refractivity contribution in [3.63, 3.8) is 0 Å². The molecule has 5 heteroatoms. The van der Waals surface area contributed by atoms with E-state index in [1.165, 1.54) is 0 Å². The maximum absolute atomic E-state index is 10.8. The van der Waals surface area contributed by atoms with E-state index in [4.69, 9.17) is 4.52 Å². The largest absolute Gasteiger partial charge is 0.339 e. The molecule has 0 aliphatic carbocycles. The molecule has 0 atom stereocenters. The van der Waals surface area contributed by atoms with Crippen LogP contribution in [0.4, 0.5) is 0 Å². The second-order valence-corrected chi connectivity index (χ2v) is 3.77. The van der Waals surface area contributed by atoms with Gasteiger partial charge in [-0.25, -0.2) is 0 Å². The molecule has 0 spiro atoms. The average Bonchev–Trinajstić information content (AvgIpc) is 2.77. The summed E-state index contributed by atoms with van der Waals surface area (Å²) >= 11 is 0. The highest BCUT2D eigenvalue weighted by Gasteiger charge is 2.11. The zero-order chi connectivity index (χ0) is 11.7. The Bertz CT molecular complexity index is 525. The van der Waals surface area contributed by atoms with Crippen molar-refractivity contribution in [1.29, 1.82) is 0 Å². The van der Waals surface area contributed by atoms with Crippen molar-refractivity contribution < 1.29 is 9.32 Å². The summed E-state index contributed by atoms with van der Waals surface area (Å²) < 4.78 is 7.03. The molecule has 0 amide bonds. The number of hydrogen-bond donors (Lipinski definition) is 0. The van der Waals surface area contributed by atoms with Crippen LogP contribution >= 0.6 is 0 Å². The van der Waals surface area contributed by atoms with Gasteiger partial charge in [0, 0.05) is 17.0 Å². The van der Waals surface area contributed by atoms with E-state index in [0.717, 1.165) is 17.7 Å². The van der Waals surface area contributed by atoms with Crippen LogP contribution in [0.3, 0.4) is 0 Å². The summed E-state index contributed by atoms with van der Waals surface area (Å²) in [6, 6.07) is 1.85. The Morgan fingerprint density at radius 1 is 1.44 bits per heavy atom. The predicted octanol–water partition coefficient (Wildman–Crippen LogP) is 1.66. The summed E-state index contributed by atoms with van der Waals surface area (Å²) in [5, 5.41) is 3.73. The first-order chi connectivity index (χ1) is 7.61. The number of hydrogen-bond acceptors (Lipinski definition) is 4. The van der Waals surface area contributed by atoms with Crippen molar-refractivity contribution >= 4 is 6.29 Å². The highest BCUT2D eigenvalue weighted by Crippen LogP contribution is 2.14. The van der Waals surface area contributed by atoms with Gasteiger partial charge in [-0.05, 0) is 26.8 Å². The fourth-order valence-corrected chi connectivity index (χ4v) is 1.73. The van der Waals surface area contributed by atoms with Crippen molar-refractivity contribution in [2.24, 2.45) is 0 Å². The molecule has 0 saturated heterocycles. The monoisotopic (exact) mass is 219 g/mol. The molecule has 2 rings (SSSR count). The van der Waals surface area contributed by atoms with Crippen LogP contribution in [0.25, 0.3) is 0 Å². The maximum atomic E-state index is 10.8. The summed E-state index contributed by atoms with van der Waals surface area (Å²) in [5.74, 6) is 1.17. The van der Waals surface area contributed by atoms with Gasteiger partial charge in [-0.3, -0.25) is 4.79 Å². The molecule has 16 heavy (non-hydrogen) atoms. The molecular formula is C11H13N3O2. The van der Waals surface area contributed by atoms with Gasteiger partial charge in [0.25, 0.3) is 0 Å². The van der Waals surface area contributed by atoms with E-state index >= 15 is 0 Å². The van der Waals surface area contributed by atoms with Gasteiger partial charge in [0.05, 0.1) is 0 Å². The zero-order valence-corrected chi connectivity index (χ0v) is 9.52. The lowest BCUT2D eigenvalue weighted by molar-refractivity contribution is 0.112. The molecule has 0 saturated carbocycles. The minimum absolute atomic E-state index is 0.506. The van der Waals surface area contributed by atoms with Gasteiger partial charge < -0.3 is 9.09 Å². The lowest BCUT2D eigenvalue weighted by atomic mass is 10.3. The third kappa shape index (κ3) is 1.76. The van der Waals surface area contributed by atoms with Crippen LogP contribution in [0, 0.1) is 20.8 Å². The number of carbonyl (C=O) groups is 1. The molecule has 2 aromatic rings. The van der Waals surface area contributed by atoms with Gasteiger partial charge in [0.15, 0.2) is 12.1 Å². The van der Waals surface area contributed by atoms with Crippen LogP contribution in [0.5, 0.6) is 0 Å². The van der Waals surface area contributed by atoms with Crippen molar-refractivity contribution in [2.75, 3.05) is 0 Å². The lowest BCUT2D eigenvalue weighted by Gasteiger charge is -2.05. The highest BCUT2D eigenvalue weighted by atomic mass is 16.5. The summed E-state index contributed by atoms with van der Waals surface area (Å²) in [6.07, 6.45) is 0.859. The molecule has 2 heterocycles. The average molecular weight is 219 g/mol. The zero-order valence-electron chi connectivity index (χ0n) is 9.52. The Balaban J connectivity index is 2.34. The standard InChI is InChI=1S/C11H13N3O2/c1-7-4-10(6-15)8(2)14(7)5-11-12-9(3)13-16-11/h4,6H,5H2,1-3H3. The van der Waals surface area contributed by atoms with E-state index in [0.29, 0.717) is 23.8 Å². The van der Waals surface area contributed by atoms with Crippen LogP contribution in [0.1, 0.15) is 33.5 Å². The van der Waals surface area contributed by atoms with Gasteiger partial charge in [-0.1, -0.05) is 5.16 Å². The normalized spacial score (nSPS) is 10.7. The van der Waals surface area contributed by atoms with E-state index in [1.807, 2.05) is 24.5 Å². The Morgan fingerprint density at radius 3 is 2.69 bits per heavy atom. The van der Waals surface area contributed by atoms with Gasteiger partial charge in [-0.2, -0.15) is 4.98 Å². The van der Waals surface area contributed by atoms with Crippen molar-refractivity contribution in [1.82, 2.24) is 14.7 Å². The van der Waals surface area contributed by atoms with Gasteiger partial charge >= 0.3 is 0 Å². The van der Waals surface area contributed by atoms with Crippen LogP contribution < -0.4 is 0 Å². The fraction of sp³-hybridized carbons (Fsp3) is 0.364. The van der Waals surface area contributed by atoms with E-state index < -0.39 is 0 Å². The number of carbonyl (C=O) groups excluding carboxylic acids is 1. The highest BCUT2D eigenvalue weighted by molar-refractivity contribution is 5.77. The molecule has 0 aliphatic heterocycles. The number of rotatable bonds is 3. The quantitative estimate of drug-likeness (QED) is 0.736. The molecule has 0 N–H and O–H groups in total. The Kier molecular flexibility index (Phi) is 2.60. The number of aromatic nitrogens is 3. The van der Waals surface area contributed by atoms with E-state index in [9.17, 15) is 4.79 Å². The maximum Gasteiger partial charge on any atom is 0.246 e. The topological polar surface area (TPSA) is 60.9 Å². The van der Waals surface area contributed by atoms with Crippen LogP contribution in [-0.4, -0.2) is 21.0 Å². The van der Waals surface area contributed by atoms with E-state index in [2.05, 4.69) is 10.1 Å². The molecule has 0 radical (unpaired) electrons. The second-order valence-electron chi connectivity index (χ2n) is 3.77. The first-order valence-corrected chi connectivity index (χ1v) is 5.03. The Hall–Kier alpha value is -1.91. The van der Waals surface area contributed by atoms with Crippen molar-refractivity contribution in [3.05, 3.63) is 34.7 Å². The number of nitrogens with zero attached hydrogens (tertiary/aromatic N) is 3. The Morgan fingerprint density at radius 2 is 2.19 bits per heavy atom. The van der Waals surface area contributed by atoms with E-state index in [-0.39, 0.29) is 0 Å². The minimum atomic E-state index is 0.506. The van der Waals surface area contributed by atoms with Crippen molar-refractivity contribution in [2.45, 2.75) is 27.3 Å². The van der Waals surface area contributed by atoms with Crippen LogP contribution in [-0.2, 0) is 6.54 Å². The van der Waals surface area contributed by atoms with Gasteiger partial charge in [0.1, 0.15) is 6.54 Å². The summed E-state index contributed by atoms with van der Waals surface area (Å²) in [5.41, 5.74) is 2.63. The minimum Gasteiger partial charge on any atom is -0.339 e. The van der Waals surface area contributed by atoms with Crippen LogP contribution in [0.15, 0.2) is 10.6 Å². The van der Waals surface area contributed by atoms with Crippen molar-refractivity contribution in [3.8, 4) is 0 Å². The molecule has 0 bridgehead atoms. The van der Waals surface area contributed by atoms with Crippen LogP contribution in [0.2, 0.25) is 0 Å². The van der Waals surface area contributed by atoms with Gasteiger partial charge in [0.2, 0.25) is 5.89 Å². The molecule has 0 fully saturated rings. The van der Waals surface area contributed by atoms with E-state index in [1.54, 1.807) is 6.92 Å². The summed E-state index contributed by atoms with van der Waals surface area (Å²) in [6.45, 7) is 6.13.